The molecule has 2 N–H and O–H groups in total. The van der Waals surface area contributed by atoms with Crippen LogP contribution in [0.25, 0.3) is 0 Å². The molecule has 0 saturated carbocycles. The number of aliphatic imine (C=N–C) groups is 1. The number of nitrogens with one attached hydrogen (secondary N) is 2. The van der Waals surface area contributed by atoms with Crippen molar-refractivity contribution in [1.29, 1.82) is 0 Å². The van der Waals surface area contributed by atoms with Crippen LogP contribution in [0.15, 0.2) is 41.4 Å². The third-order valence-corrected chi connectivity index (χ3v) is 5.27. The van der Waals surface area contributed by atoms with Gasteiger partial charge in [0.05, 0.1) is 11.6 Å². The maximum Gasteiger partial charge on any atom is 0.191 e. The van der Waals surface area contributed by atoms with Gasteiger partial charge in [-0.25, -0.2) is 0 Å². The van der Waals surface area contributed by atoms with E-state index in [0.29, 0.717) is 22.8 Å². The van der Waals surface area contributed by atoms with Gasteiger partial charge in [-0.05, 0) is 32.1 Å². The van der Waals surface area contributed by atoms with Gasteiger partial charge in [-0.2, -0.15) is 0 Å². The predicted molar refractivity (Wildman–Crippen MR) is 127 cm³/mol. The molecule has 0 saturated heterocycles. The molecule has 150 valence electrons. The highest BCUT2D eigenvalue weighted by molar-refractivity contribution is 14.0. The summed E-state index contributed by atoms with van der Waals surface area (Å²) in [6.45, 7) is 1.38. The van der Waals surface area contributed by atoms with E-state index in [1.54, 1.807) is 7.05 Å². The minimum absolute atomic E-state index is 0. The van der Waals surface area contributed by atoms with Crippen molar-refractivity contribution in [1.82, 2.24) is 20.1 Å². The lowest BCUT2D eigenvalue weighted by molar-refractivity contribution is 0.290. The Hall–Kier alpha value is -0.960. The molecule has 1 unspecified atom stereocenters. The number of hydrogen-bond donors (Lipinski definition) is 2. The molecule has 0 fully saturated rings. The lowest BCUT2D eigenvalue weighted by Gasteiger charge is -2.25. The Balaban J connectivity index is 0.00000364. The van der Waals surface area contributed by atoms with E-state index in [-0.39, 0.29) is 24.0 Å². The molecule has 0 aliphatic rings. The first-order valence-electron chi connectivity index (χ1n) is 8.56. The number of hydrogen-bond acceptors (Lipinski definition) is 2. The van der Waals surface area contributed by atoms with Crippen LogP contribution in [0.4, 0.5) is 0 Å². The van der Waals surface area contributed by atoms with Crippen molar-refractivity contribution in [3.8, 4) is 0 Å². The van der Waals surface area contributed by atoms with Crippen molar-refractivity contribution in [3.05, 3.63) is 57.8 Å². The lowest BCUT2D eigenvalue weighted by atomic mass is 10.1. The molecule has 0 aliphatic heterocycles. The summed E-state index contributed by atoms with van der Waals surface area (Å²) in [4.78, 5) is 6.53. The summed E-state index contributed by atoms with van der Waals surface area (Å²) in [5, 5.41) is 7.81. The summed E-state index contributed by atoms with van der Waals surface area (Å²) in [7, 11) is 7.85. The van der Waals surface area contributed by atoms with E-state index in [2.05, 4.69) is 58.9 Å². The fourth-order valence-electron chi connectivity index (χ4n) is 2.69. The Morgan fingerprint density at radius 1 is 1.19 bits per heavy atom. The van der Waals surface area contributed by atoms with E-state index in [4.69, 9.17) is 23.2 Å². The molecular weight excluding hydrogens is 496 g/mol. The molecule has 1 heterocycles. The Kier molecular flexibility index (Phi) is 10.5. The van der Waals surface area contributed by atoms with E-state index in [1.807, 2.05) is 23.7 Å². The van der Waals surface area contributed by atoms with Crippen LogP contribution in [0.1, 0.15) is 11.3 Å². The van der Waals surface area contributed by atoms with Gasteiger partial charge in [-0.3, -0.25) is 4.99 Å². The van der Waals surface area contributed by atoms with E-state index >= 15 is 0 Å². The fourth-order valence-corrected chi connectivity index (χ4v) is 3.11. The van der Waals surface area contributed by atoms with Crippen LogP contribution in [0.3, 0.4) is 0 Å². The zero-order valence-corrected chi connectivity index (χ0v) is 20.0. The zero-order chi connectivity index (χ0) is 19.1. The maximum absolute atomic E-state index is 6.11. The number of guanidine groups is 1. The smallest absolute Gasteiger partial charge is 0.191 e. The molecule has 5 nitrogen and oxygen atoms in total. The minimum atomic E-state index is 0. The molecule has 0 radical (unpaired) electrons. The summed E-state index contributed by atoms with van der Waals surface area (Å²) in [5.41, 5.74) is 2.32. The van der Waals surface area contributed by atoms with Crippen LogP contribution >= 0.6 is 47.2 Å². The summed E-state index contributed by atoms with van der Waals surface area (Å²) in [6.07, 6.45) is 0.973. The normalized spacial score (nSPS) is 12.6. The van der Waals surface area contributed by atoms with Crippen LogP contribution in [-0.4, -0.2) is 49.2 Å². The highest BCUT2D eigenvalue weighted by Gasteiger charge is 2.14. The van der Waals surface area contributed by atoms with Crippen LogP contribution < -0.4 is 10.6 Å². The summed E-state index contributed by atoms with van der Waals surface area (Å²) < 4.78 is 1.86. The van der Waals surface area contributed by atoms with Gasteiger partial charge in [-0.15, -0.1) is 24.0 Å². The van der Waals surface area contributed by atoms with Crippen LogP contribution in [0.5, 0.6) is 0 Å². The minimum Gasteiger partial charge on any atom is -0.355 e. The standard InChI is InChI=1S/C19H27Cl2N5.HI/c1-22-19(24-13-16-11-17(20)18(21)26(16)4)23-12-15(25(2)3)10-14-8-6-5-7-9-14;/h5-9,11,15H,10,12-13H2,1-4H3,(H2,22,23,24);1H. The first-order chi connectivity index (χ1) is 12.4. The SMILES string of the molecule is CN=C(NCc1cc(Cl)c(Cl)n1C)NCC(Cc1ccccc1)N(C)C.I. The Morgan fingerprint density at radius 3 is 2.37 bits per heavy atom. The quantitative estimate of drug-likeness (QED) is 0.330. The molecular formula is C19H28Cl2IN5. The van der Waals surface area contributed by atoms with Gasteiger partial charge in [0.1, 0.15) is 5.15 Å². The Morgan fingerprint density at radius 2 is 1.85 bits per heavy atom. The van der Waals surface area contributed by atoms with Crippen molar-refractivity contribution in [2.75, 3.05) is 27.7 Å². The Bertz CT molecular complexity index is 731. The Labute approximate surface area is 189 Å². The van der Waals surface area contributed by atoms with Crippen LogP contribution in [0, 0.1) is 0 Å². The average molecular weight is 524 g/mol. The first-order valence-corrected chi connectivity index (χ1v) is 9.32. The summed E-state index contributed by atoms with van der Waals surface area (Å²) in [5.74, 6) is 0.748. The third kappa shape index (κ3) is 7.18. The van der Waals surface area contributed by atoms with E-state index in [9.17, 15) is 0 Å². The van der Waals surface area contributed by atoms with Gasteiger partial charge in [0.2, 0.25) is 0 Å². The second kappa shape index (κ2) is 11.8. The number of benzene rings is 1. The van der Waals surface area contributed by atoms with Crippen LogP contribution in [-0.2, 0) is 20.0 Å². The van der Waals surface area contributed by atoms with Gasteiger partial charge in [-0.1, -0.05) is 53.5 Å². The van der Waals surface area contributed by atoms with Crippen molar-refractivity contribution in [2.45, 2.75) is 19.0 Å². The van der Waals surface area contributed by atoms with Gasteiger partial charge in [0.15, 0.2) is 5.96 Å². The molecule has 2 aromatic rings. The van der Waals surface area contributed by atoms with Gasteiger partial charge in [0, 0.05) is 32.4 Å². The van der Waals surface area contributed by atoms with Crippen molar-refractivity contribution >= 4 is 53.1 Å². The molecule has 0 bridgehead atoms. The molecule has 2 rings (SSSR count). The number of rotatable bonds is 7. The summed E-state index contributed by atoms with van der Waals surface area (Å²) in [6, 6.07) is 12.7. The van der Waals surface area contributed by atoms with E-state index < -0.39 is 0 Å². The first kappa shape index (κ1) is 24.1. The largest absolute Gasteiger partial charge is 0.355 e. The second-order valence-electron chi connectivity index (χ2n) is 6.45. The number of halogens is 3. The molecule has 0 aliphatic carbocycles. The third-order valence-electron chi connectivity index (χ3n) is 4.43. The monoisotopic (exact) mass is 523 g/mol. The van der Waals surface area contributed by atoms with Crippen molar-refractivity contribution in [2.24, 2.45) is 12.0 Å². The average Bonchev–Trinajstić information content (AvgIpc) is 2.88. The van der Waals surface area contributed by atoms with Gasteiger partial charge >= 0.3 is 0 Å². The fraction of sp³-hybridized carbons (Fsp3) is 0.421. The topological polar surface area (TPSA) is 44.6 Å². The predicted octanol–water partition coefficient (Wildman–Crippen LogP) is 3.79. The lowest BCUT2D eigenvalue weighted by Crippen LogP contribution is -2.45. The molecule has 8 heteroatoms. The number of aromatic nitrogens is 1. The summed E-state index contributed by atoms with van der Waals surface area (Å²) >= 11 is 12.2. The molecule has 1 aromatic carbocycles. The van der Waals surface area contributed by atoms with E-state index in [1.165, 1.54) is 5.56 Å². The molecule has 1 atom stereocenters. The molecule has 0 spiro atoms. The maximum atomic E-state index is 6.11. The molecule has 0 amide bonds. The molecule has 27 heavy (non-hydrogen) atoms. The number of nitrogens with zero attached hydrogens (tertiary/aromatic N) is 3. The molecule has 1 aromatic heterocycles. The van der Waals surface area contributed by atoms with Crippen molar-refractivity contribution < 1.29 is 0 Å². The van der Waals surface area contributed by atoms with E-state index in [0.717, 1.165) is 24.6 Å². The van der Waals surface area contributed by atoms with Gasteiger partial charge in [0.25, 0.3) is 0 Å². The van der Waals surface area contributed by atoms with Gasteiger partial charge < -0.3 is 20.1 Å². The second-order valence-corrected chi connectivity index (χ2v) is 7.21. The number of likely N-dealkylation sites (N-methyl/N-ethyl adjacent to an activating group) is 1. The van der Waals surface area contributed by atoms with Crippen LogP contribution in [0.2, 0.25) is 10.2 Å². The highest BCUT2D eigenvalue weighted by Crippen LogP contribution is 2.24. The zero-order valence-electron chi connectivity index (χ0n) is 16.2. The van der Waals surface area contributed by atoms with Crippen molar-refractivity contribution in [3.63, 3.8) is 0 Å². The highest BCUT2D eigenvalue weighted by atomic mass is 127.